The minimum Gasteiger partial charge on any atom is -0.461 e. The van der Waals surface area contributed by atoms with Crippen LogP contribution < -0.4 is 0 Å². The second kappa shape index (κ2) is 5.66. The Balaban J connectivity index is 3.09. The first-order valence-corrected chi connectivity index (χ1v) is 5.24. The van der Waals surface area contributed by atoms with Crippen molar-refractivity contribution >= 4 is 23.1 Å². The summed E-state index contributed by atoms with van der Waals surface area (Å²) in [6.07, 6.45) is 0. The van der Waals surface area contributed by atoms with Crippen molar-refractivity contribution in [3.05, 3.63) is 40.7 Å². The average Bonchev–Trinajstić information content (AvgIpc) is 2.28. The first-order chi connectivity index (χ1) is 7.57. The van der Waals surface area contributed by atoms with Gasteiger partial charge in [-0.2, -0.15) is 4.39 Å². The van der Waals surface area contributed by atoms with Crippen LogP contribution in [0.15, 0.2) is 30.1 Å². The van der Waals surface area contributed by atoms with Gasteiger partial charge in [-0.25, -0.2) is 4.79 Å². The number of hydrogen-bond donors (Lipinski definition) is 0. The molecule has 1 aromatic rings. The largest absolute Gasteiger partial charge is 0.461 e. The number of carbonyl (C=O) groups excluding carboxylic acids is 1. The van der Waals surface area contributed by atoms with Crippen molar-refractivity contribution in [2.24, 2.45) is 0 Å². The fourth-order valence-corrected chi connectivity index (χ4v) is 1.51. The summed E-state index contributed by atoms with van der Waals surface area (Å²) in [7, 11) is 0. The first-order valence-electron chi connectivity index (χ1n) is 4.86. The van der Waals surface area contributed by atoms with E-state index in [9.17, 15) is 9.18 Å². The zero-order valence-corrected chi connectivity index (χ0v) is 9.84. The Morgan fingerprint density at radius 1 is 1.44 bits per heavy atom. The lowest BCUT2D eigenvalue weighted by atomic mass is 10.1. The van der Waals surface area contributed by atoms with Gasteiger partial charge >= 0.3 is 5.97 Å². The lowest BCUT2D eigenvalue weighted by Gasteiger charge is -2.06. The fourth-order valence-electron chi connectivity index (χ4n) is 1.23. The van der Waals surface area contributed by atoms with Crippen LogP contribution in [0.1, 0.15) is 19.4 Å². The summed E-state index contributed by atoms with van der Waals surface area (Å²) in [6, 6.07) is 6.75. The Bertz CT molecular complexity index is 427. The Morgan fingerprint density at radius 2 is 2.06 bits per heavy atom. The van der Waals surface area contributed by atoms with E-state index >= 15 is 0 Å². The van der Waals surface area contributed by atoms with E-state index in [2.05, 4.69) is 4.74 Å². The summed E-state index contributed by atoms with van der Waals surface area (Å²) in [6.45, 7) is 3.26. The molecule has 0 fully saturated rings. The van der Waals surface area contributed by atoms with Crippen molar-refractivity contribution in [3.8, 4) is 0 Å². The highest BCUT2D eigenvalue weighted by Crippen LogP contribution is 2.26. The van der Waals surface area contributed by atoms with Gasteiger partial charge in [-0.1, -0.05) is 29.8 Å². The van der Waals surface area contributed by atoms with E-state index in [1.54, 1.807) is 31.2 Å². The molecule has 2 nitrogen and oxygen atoms in total. The fraction of sp³-hybridized carbons (Fsp3) is 0.250. The van der Waals surface area contributed by atoms with Gasteiger partial charge in [0.2, 0.25) is 5.83 Å². The third-order valence-electron chi connectivity index (χ3n) is 2.06. The van der Waals surface area contributed by atoms with Gasteiger partial charge in [-0.15, -0.1) is 0 Å². The van der Waals surface area contributed by atoms with Crippen LogP contribution in [-0.2, 0) is 9.53 Å². The number of halogens is 2. The SMILES string of the molecule is CCOC(=O)/C(F)=C(\C)c1ccccc1Cl. The molecule has 0 aliphatic carbocycles. The quantitative estimate of drug-likeness (QED) is 0.598. The molecule has 0 heterocycles. The third kappa shape index (κ3) is 2.83. The van der Waals surface area contributed by atoms with Gasteiger partial charge in [0.25, 0.3) is 0 Å². The number of esters is 1. The molecule has 86 valence electrons. The van der Waals surface area contributed by atoms with E-state index in [0.29, 0.717) is 10.6 Å². The molecule has 0 bridgehead atoms. The van der Waals surface area contributed by atoms with E-state index in [1.165, 1.54) is 6.92 Å². The molecule has 0 aliphatic heterocycles. The number of rotatable bonds is 3. The lowest BCUT2D eigenvalue weighted by Crippen LogP contribution is -2.06. The number of carbonyl (C=O) groups is 1. The minimum absolute atomic E-state index is 0.141. The zero-order valence-electron chi connectivity index (χ0n) is 9.09. The van der Waals surface area contributed by atoms with Crippen LogP contribution in [-0.4, -0.2) is 12.6 Å². The maximum Gasteiger partial charge on any atom is 0.367 e. The Kier molecular flexibility index (Phi) is 4.50. The van der Waals surface area contributed by atoms with Crippen LogP contribution in [0.3, 0.4) is 0 Å². The maximum atomic E-state index is 13.6. The van der Waals surface area contributed by atoms with Gasteiger partial charge in [0, 0.05) is 10.6 Å². The first kappa shape index (κ1) is 12.7. The van der Waals surface area contributed by atoms with Gasteiger partial charge in [0.15, 0.2) is 0 Å². The Labute approximate surface area is 98.7 Å². The molecular formula is C12H12ClFO2. The molecule has 0 atom stereocenters. The Morgan fingerprint density at radius 3 is 2.62 bits per heavy atom. The summed E-state index contributed by atoms with van der Waals surface area (Å²) < 4.78 is 18.2. The summed E-state index contributed by atoms with van der Waals surface area (Å²) in [5, 5.41) is 0.402. The van der Waals surface area contributed by atoms with Crippen LogP contribution in [0.25, 0.3) is 5.57 Å². The topological polar surface area (TPSA) is 26.3 Å². The van der Waals surface area contributed by atoms with Crippen molar-refractivity contribution in [1.82, 2.24) is 0 Å². The zero-order chi connectivity index (χ0) is 12.1. The molecule has 0 unspecified atom stereocenters. The molecule has 0 amide bonds. The monoisotopic (exact) mass is 242 g/mol. The second-order valence-corrected chi connectivity index (χ2v) is 3.55. The molecule has 0 N–H and O–H groups in total. The second-order valence-electron chi connectivity index (χ2n) is 3.14. The molecule has 4 heteroatoms. The minimum atomic E-state index is -0.958. The molecule has 0 saturated heterocycles. The summed E-state index contributed by atoms with van der Waals surface area (Å²) in [5.74, 6) is -1.87. The number of allylic oxidation sites excluding steroid dienone is 1. The predicted molar refractivity (Wildman–Crippen MR) is 61.8 cm³/mol. The van der Waals surface area contributed by atoms with Gasteiger partial charge in [0.05, 0.1) is 6.61 Å². The van der Waals surface area contributed by atoms with E-state index < -0.39 is 11.8 Å². The van der Waals surface area contributed by atoms with Crippen molar-refractivity contribution in [2.45, 2.75) is 13.8 Å². The van der Waals surface area contributed by atoms with Crippen LogP contribution in [0.4, 0.5) is 4.39 Å². The molecular weight excluding hydrogens is 231 g/mol. The van der Waals surface area contributed by atoms with Crippen molar-refractivity contribution in [2.75, 3.05) is 6.61 Å². The number of ether oxygens (including phenoxy) is 1. The average molecular weight is 243 g/mol. The molecule has 0 spiro atoms. The van der Waals surface area contributed by atoms with Gasteiger partial charge in [-0.3, -0.25) is 0 Å². The Hall–Kier alpha value is -1.35. The van der Waals surface area contributed by atoms with Crippen LogP contribution in [0.5, 0.6) is 0 Å². The van der Waals surface area contributed by atoms with Gasteiger partial charge < -0.3 is 4.74 Å². The normalized spacial score (nSPS) is 12.0. The van der Waals surface area contributed by atoms with Gasteiger partial charge in [0.1, 0.15) is 0 Å². The highest BCUT2D eigenvalue weighted by atomic mass is 35.5. The van der Waals surface area contributed by atoms with Crippen molar-refractivity contribution in [1.29, 1.82) is 0 Å². The van der Waals surface area contributed by atoms with Gasteiger partial charge in [-0.05, 0) is 25.5 Å². The summed E-state index contributed by atoms with van der Waals surface area (Å²) in [5.41, 5.74) is 0.679. The van der Waals surface area contributed by atoms with Crippen molar-refractivity contribution < 1.29 is 13.9 Å². The molecule has 0 saturated carbocycles. The molecule has 0 aliphatic rings. The standard InChI is InChI=1S/C12H12ClFO2/c1-3-16-12(15)11(14)8(2)9-6-4-5-7-10(9)13/h4-7H,3H2,1-2H3/b11-8-. The molecule has 1 rings (SSSR count). The summed E-state index contributed by atoms with van der Waals surface area (Å²) >= 11 is 5.89. The number of hydrogen-bond acceptors (Lipinski definition) is 2. The van der Waals surface area contributed by atoms with E-state index in [1.807, 2.05) is 0 Å². The highest BCUT2D eigenvalue weighted by Gasteiger charge is 2.15. The maximum absolute atomic E-state index is 13.6. The third-order valence-corrected chi connectivity index (χ3v) is 2.39. The molecule has 0 radical (unpaired) electrons. The van der Waals surface area contributed by atoms with E-state index in [-0.39, 0.29) is 12.2 Å². The smallest absolute Gasteiger partial charge is 0.367 e. The lowest BCUT2D eigenvalue weighted by molar-refractivity contribution is -0.140. The van der Waals surface area contributed by atoms with Crippen molar-refractivity contribution in [3.63, 3.8) is 0 Å². The highest BCUT2D eigenvalue weighted by molar-refractivity contribution is 6.32. The molecule has 16 heavy (non-hydrogen) atoms. The van der Waals surface area contributed by atoms with Crippen LogP contribution in [0.2, 0.25) is 5.02 Å². The van der Waals surface area contributed by atoms with E-state index in [4.69, 9.17) is 11.6 Å². The summed E-state index contributed by atoms with van der Waals surface area (Å²) in [4.78, 5) is 11.2. The van der Waals surface area contributed by atoms with Crippen LogP contribution >= 0.6 is 11.6 Å². The molecule has 1 aromatic carbocycles. The molecule has 0 aromatic heterocycles. The van der Waals surface area contributed by atoms with Crippen LogP contribution in [0, 0.1) is 0 Å². The van der Waals surface area contributed by atoms with E-state index in [0.717, 1.165) is 0 Å². The number of benzene rings is 1. The predicted octanol–water partition coefficient (Wildman–Crippen LogP) is 3.60.